The van der Waals surface area contributed by atoms with E-state index in [1.54, 1.807) is 6.33 Å². The van der Waals surface area contributed by atoms with Crippen LogP contribution in [0, 0.1) is 20.8 Å². The van der Waals surface area contributed by atoms with Crippen molar-refractivity contribution in [3.63, 3.8) is 0 Å². The Morgan fingerprint density at radius 2 is 1.96 bits per heavy atom. The summed E-state index contributed by atoms with van der Waals surface area (Å²) in [4.78, 5) is 21.7. The fourth-order valence-electron chi connectivity index (χ4n) is 3.53. The van der Waals surface area contributed by atoms with E-state index >= 15 is 0 Å². The van der Waals surface area contributed by atoms with Crippen molar-refractivity contribution in [3.05, 3.63) is 64.2 Å². The molecule has 0 radical (unpaired) electrons. The van der Waals surface area contributed by atoms with Gasteiger partial charge in [0, 0.05) is 22.7 Å². The lowest BCUT2D eigenvalue weighted by molar-refractivity contribution is 0.102. The summed E-state index contributed by atoms with van der Waals surface area (Å²) in [7, 11) is 0. The number of nitrogens with zero attached hydrogens (tertiary/aromatic N) is 3. The molecule has 0 aliphatic carbocycles. The topological polar surface area (TPSA) is 58.8 Å². The average molecular weight is 332 g/mol. The average Bonchev–Trinajstić information content (AvgIpc) is 3.12. The summed E-state index contributed by atoms with van der Waals surface area (Å²) in [6.45, 7) is 8.62. The van der Waals surface area contributed by atoms with Crippen LogP contribution in [0.15, 0.2) is 35.6 Å². The minimum Gasteiger partial charge on any atom is -0.322 e. The molecule has 126 valence electrons. The molecule has 0 atom stereocenters. The van der Waals surface area contributed by atoms with Gasteiger partial charge in [0.15, 0.2) is 0 Å². The molecule has 0 saturated heterocycles. The molecule has 4 rings (SSSR count). The third-order valence-electron chi connectivity index (χ3n) is 4.94. The minimum atomic E-state index is -0.101. The molecule has 2 aromatic heterocycles. The van der Waals surface area contributed by atoms with Gasteiger partial charge in [-0.2, -0.15) is 0 Å². The SMILES string of the molecule is CC1=NCc2ccc(NC(=O)c3c(C)cc4c(C)ncn4c3C)cc21. The molecule has 5 heteroatoms. The molecular weight excluding hydrogens is 312 g/mol. The van der Waals surface area contributed by atoms with Gasteiger partial charge in [-0.3, -0.25) is 9.79 Å². The highest BCUT2D eigenvalue weighted by Crippen LogP contribution is 2.25. The number of aliphatic imine (C=N–C) groups is 1. The summed E-state index contributed by atoms with van der Waals surface area (Å²) in [5, 5.41) is 3.03. The first kappa shape index (κ1) is 15.6. The number of hydrogen-bond donors (Lipinski definition) is 1. The predicted octanol–water partition coefficient (Wildman–Crippen LogP) is 3.83. The number of fused-ring (bicyclic) bond motifs is 2. The van der Waals surface area contributed by atoms with Gasteiger partial charge >= 0.3 is 0 Å². The van der Waals surface area contributed by atoms with Crippen LogP contribution in [-0.2, 0) is 6.54 Å². The Kier molecular flexibility index (Phi) is 3.46. The van der Waals surface area contributed by atoms with Crippen molar-refractivity contribution >= 4 is 22.8 Å². The van der Waals surface area contributed by atoms with Gasteiger partial charge in [0.1, 0.15) is 0 Å². The molecular formula is C20H20N4O. The van der Waals surface area contributed by atoms with Gasteiger partial charge in [-0.25, -0.2) is 4.98 Å². The van der Waals surface area contributed by atoms with Crippen molar-refractivity contribution in [2.45, 2.75) is 34.2 Å². The lowest BCUT2D eigenvalue weighted by Gasteiger charge is -2.13. The largest absolute Gasteiger partial charge is 0.322 e. The van der Waals surface area contributed by atoms with Crippen molar-refractivity contribution < 1.29 is 4.79 Å². The van der Waals surface area contributed by atoms with E-state index in [0.717, 1.165) is 46.0 Å². The molecule has 0 unspecified atom stereocenters. The zero-order valence-corrected chi connectivity index (χ0v) is 14.8. The van der Waals surface area contributed by atoms with E-state index in [-0.39, 0.29) is 5.91 Å². The lowest BCUT2D eigenvalue weighted by Crippen LogP contribution is -2.17. The monoisotopic (exact) mass is 332 g/mol. The number of imidazole rings is 1. The van der Waals surface area contributed by atoms with Gasteiger partial charge in [-0.15, -0.1) is 0 Å². The van der Waals surface area contributed by atoms with E-state index in [1.807, 2.05) is 56.4 Å². The van der Waals surface area contributed by atoms with Crippen molar-refractivity contribution in [2.24, 2.45) is 4.99 Å². The summed E-state index contributed by atoms with van der Waals surface area (Å²) in [5.41, 5.74) is 8.68. The molecule has 25 heavy (non-hydrogen) atoms. The van der Waals surface area contributed by atoms with E-state index in [9.17, 15) is 4.79 Å². The van der Waals surface area contributed by atoms with Gasteiger partial charge in [0.25, 0.3) is 5.91 Å². The van der Waals surface area contributed by atoms with Crippen LogP contribution >= 0.6 is 0 Å². The number of aromatic nitrogens is 2. The predicted molar refractivity (Wildman–Crippen MR) is 99.7 cm³/mol. The fourth-order valence-corrected chi connectivity index (χ4v) is 3.53. The molecule has 0 fully saturated rings. The van der Waals surface area contributed by atoms with Crippen LogP contribution in [0.4, 0.5) is 5.69 Å². The molecule has 5 nitrogen and oxygen atoms in total. The highest BCUT2D eigenvalue weighted by Gasteiger charge is 2.18. The van der Waals surface area contributed by atoms with Gasteiger partial charge < -0.3 is 9.72 Å². The molecule has 1 N–H and O–H groups in total. The van der Waals surface area contributed by atoms with Crippen LogP contribution in [0.1, 0.15) is 45.4 Å². The van der Waals surface area contributed by atoms with Crippen molar-refractivity contribution in [3.8, 4) is 0 Å². The number of nitrogens with one attached hydrogen (secondary N) is 1. The van der Waals surface area contributed by atoms with E-state index in [1.165, 1.54) is 5.56 Å². The Morgan fingerprint density at radius 3 is 2.76 bits per heavy atom. The zero-order valence-electron chi connectivity index (χ0n) is 14.8. The van der Waals surface area contributed by atoms with Gasteiger partial charge in [0.2, 0.25) is 0 Å². The van der Waals surface area contributed by atoms with E-state index in [2.05, 4.69) is 15.3 Å². The number of carbonyl (C=O) groups excluding carboxylic acids is 1. The van der Waals surface area contributed by atoms with Crippen LogP contribution in [0.5, 0.6) is 0 Å². The third kappa shape index (κ3) is 2.43. The van der Waals surface area contributed by atoms with Crippen LogP contribution < -0.4 is 5.32 Å². The second kappa shape index (κ2) is 5.55. The molecule has 3 aromatic rings. The van der Waals surface area contributed by atoms with Crippen LogP contribution in [-0.4, -0.2) is 21.0 Å². The standard InChI is InChI=1S/C20H20N4O/c1-11-7-18-13(3)22-10-24(18)14(4)19(11)20(25)23-16-6-5-15-9-21-12(2)17(15)8-16/h5-8,10H,9H2,1-4H3,(H,23,25). The number of pyridine rings is 1. The Bertz CT molecular complexity index is 1060. The summed E-state index contributed by atoms with van der Waals surface area (Å²) in [6, 6.07) is 8.00. The molecule has 0 spiro atoms. The van der Waals surface area contributed by atoms with Crippen molar-refractivity contribution in [1.82, 2.24) is 9.38 Å². The van der Waals surface area contributed by atoms with Crippen molar-refractivity contribution in [1.29, 1.82) is 0 Å². The number of benzene rings is 1. The van der Waals surface area contributed by atoms with Gasteiger partial charge in [-0.05, 0) is 57.0 Å². The smallest absolute Gasteiger partial charge is 0.257 e. The van der Waals surface area contributed by atoms with Crippen molar-refractivity contribution in [2.75, 3.05) is 5.32 Å². The summed E-state index contributed by atoms with van der Waals surface area (Å²) >= 11 is 0. The summed E-state index contributed by atoms with van der Waals surface area (Å²) in [6.07, 6.45) is 1.77. The van der Waals surface area contributed by atoms with Gasteiger partial charge in [-0.1, -0.05) is 6.07 Å². The fraction of sp³-hybridized carbons (Fsp3) is 0.250. The maximum atomic E-state index is 12.9. The molecule has 3 heterocycles. The molecule has 0 bridgehead atoms. The molecule has 1 aliphatic heterocycles. The molecule has 1 aromatic carbocycles. The summed E-state index contributed by atoms with van der Waals surface area (Å²) in [5.74, 6) is -0.101. The Balaban J connectivity index is 1.71. The maximum Gasteiger partial charge on any atom is 0.257 e. The summed E-state index contributed by atoms with van der Waals surface area (Å²) < 4.78 is 1.97. The number of carbonyl (C=O) groups is 1. The first-order chi connectivity index (χ1) is 12.0. The quantitative estimate of drug-likeness (QED) is 0.775. The molecule has 1 amide bonds. The Hall–Kier alpha value is -2.95. The first-order valence-electron chi connectivity index (χ1n) is 8.35. The molecule has 1 aliphatic rings. The van der Waals surface area contributed by atoms with Crippen LogP contribution in [0.3, 0.4) is 0 Å². The highest BCUT2D eigenvalue weighted by atomic mass is 16.1. The number of aryl methyl sites for hydroxylation is 3. The molecule has 0 saturated carbocycles. The second-order valence-corrected chi connectivity index (χ2v) is 6.60. The van der Waals surface area contributed by atoms with E-state index in [4.69, 9.17) is 0 Å². The number of anilines is 1. The normalized spacial score (nSPS) is 13.0. The highest BCUT2D eigenvalue weighted by molar-refractivity contribution is 6.08. The van der Waals surface area contributed by atoms with E-state index < -0.39 is 0 Å². The number of rotatable bonds is 2. The van der Waals surface area contributed by atoms with E-state index in [0.29, 0.717) is 5.56 Å². The first-order valence-corrected chi connectivity index (χ1v) is 8.35. The van der Waals surface area contributed by atoms with Crippen LogP contribution in [0.2, 0.25) is 0 Å². The second-order valence-electron chi connectivity index (χ2n) is 6.60. The zero-order chi connectivity index (χ0) is 17.7. The van der Waals surface area contributed by atoms with Crippen LogP contribution in [0.25, 0.3) is 5.52 Å². The maximum absolute atomic E-state index is 12.9. The Morgan fingerprint density at radius 1 is 1.16 bits per heavy atom. The number of amides is 1. The Labute approximate surface area is 146 Å². The minimum absolute atomic E-state index is 0.101. The number of hydrogen-bond acceptors (Lipinski definition) is 3. The third-order valence-corrected chi connectivity index (χ3v) is 4.94. The lowest BCUT2D eigenvalue weighted by atomic mass is 10.0. The van der Waals surface area contributed by atoms with Gasteiger partial charge in [0.05, 0.1) is 29.6 Å².